The second-order valence-corrected chi connectivity index (χ2v) is 13.9. The third-order valence-electron chi connectivity index (χ3n) is 9.68. The Balaban J connectivity index is 1.21. The van der Waals surface area contributed by atoms with E-state index in [2.05, 4.69) is 65.4 Å². The van der Waals surface area contributed by atoms with Crippen LogP contribution in [-0.2, 0) is 22.6 Å². The number of carbonyl (C=O) groups is 3. The van der Waals surface area contributed by atoms with Crippen molar-refractivity contribution in [3.63, 3.8) is 0 Å². The lowest BCUT2D eigenvalue weighted by Gasteiger charge is -2.27. The Hall–Kier alpha value is -4.29. The van der Waals surface area contributed by atoms with E-state index in [0.29, 0.717) is 45.7 Å². The molecule has 2 fully saturated rings. The van der Waals surface area contributed by atoms with E-state index in [1.54, 1.807) is 22.0 Å². The highest BCUT2D eigenvalue weighted by Crippen LogP contribution is 2.60. The number of hydrogen-bond donors (Lipinski definition) is 1. The number of aryl methyl sites for hydroxylation is 1. The molecular weight excluding hydrogens is 660 g/mol. The minimum atomic E-state index is -0.647. The molecule has 11 nitrogen and oxygen atoms in total. The van der Waals surface area contributed by atoms with Crippen molar-refractivity contribution in [3.8, 4) is 11.1 Å². The number of rotatable bonds is 4. The number of hydrogen-bond acceptors (Lipinski definition) is 8. The van der Waals surface area contributed by atoms with E-state index in [0.717, 1.165) is 49.0 Å². The zero-order valence-corrected chi connectivity index (χ0v) is 28.3. The molecule has 1 spiro atoms. The number of allylic oxidation sites excluding steroid dienone is 2. The van der Waals surface area contributed by atoms with Crippen LogP contribution in [0.2, 0.25) is 0 Å². The fraction of sp³-hybridized carbons (Fsp3) is 0.400. The summed E-state index contributed by atoms with van der Waals surface area (Å²) in [5.41, 5.74) is 3.42. The van der Waals surface area contributed by atoms with Gasteiger partial charge < -0.3 is 15.1 Å². The molecule has 2 amide bonds. The smallest absolute Gasteiger partial charge is 0.248 e. The van der Waals surface area contributed by atoms with Gasteiger partial charge in [0.05, 0.1) is 5.52 Å². The number of aromatic nitrogens is 5. The predicted octanol–water partition coefficient (Wildman–Crippen LogP) is 4.98. The largest absolute Gasteiger partial charge is 0.325 e. The van der Waals surface area contributed by atoms with E-state index in [1.807, 2.05) is 37.3 Å². The molecule has 5 heterocycles. The summed E-state index contributed by atoms with van der Waals surface area (Å²) in [6, 6.07) is 8.84. The first kappa shape index (κ1) is 31.3. The van der Waals surface area contributed by atoms with E-state index >= 15 is 0 Å². The Bertz CT molecular complexity index is 1920. The molecule has 1 aliphatic carbocycles. The summed E-state index contributed by atoms with van der Waals surface area (Å²) in [6.45, 7) is 4.98. The van der Waals surface area contributed by atoms with Crippen LogP contribution in [0.1, 0.15) is 54.5 Å². The Morgan fingerprint density at radius 3 is 2.68 bits per heavy atom. The molecule has 1 saturated heterocycles. The van der Waals surface area contributed by atoms with Gasteiger partial charge in [0.25, 0.3) is 0 Å². The van der Waals surface area contributed by atoms with Crippen LogP contribution in [0.3, 0.4) is 0 Å². The number of piperidine rings is 1. The molecule has 0 unspecified atom stereocenters. The van der Waals surface area contributed by atoms with E-state index in [4.69, 9.17) is 0 Å². The maximum absolute atomic E-state index is 14.3. The Labute approximate surface area is 281 Å². The molecule has 2 bridgehead atoms. The Morgan fingerprint density at radius 2 is 1.89 bits per heavy atom. The summed E-state index contributed by atoms with van der Waals surface area (Å²) in [6.07, 6.45) is 11.9. The van der Waals surface area contributed by atoms with E-state index in [9.17, 15) is 14.4 Å². The molecule has 3 atom stereocenters. The van der Waals surface area contributed by atoms with Crippen molar-refractivity contribution in [3.05, 3.63) is 76.6 Å². The minimum Gasteiger partial charge on any atom is -0.325 e. The van der Waals surface area contributed by atoms with Gasteiger partial charge in [0, 0.05) is 48.3 Å². The number of nitrogens with one attached hydrogen (secondary N) is 1. The topological polar surface area (TPSA) is 126 Å². The zero-order valence-electron chi connectivity index (χ0n) is 26.7. The molecule has 4 aromatic rings. The normalized spacial score (nSPS) is 23.1. The number of halogens is 1. The monoisotopic (exact) mass is 696 g/mol. The molecule has 3 aliphatic rings. The molecule has 1 aromatic carbocycles. The number of anilines is 1. The fourth-order valence-electron chi connectivity index (χ4n) is 7.29. The van der Waals surface area contributed by atoms with Crippen molar-refractivity contribution in [2.45, 2.75) is 64.6 Å². The van der Waals surface area contributed by atoms with Crippen LogP contribution in [0.4, 0.5) is 5.82 Å². The second-order valence-electron chi connectivity index (χ2n) is 13.1. The number of carbonyl (C=O) groups excluding carboxylic acids is 3. The van der Waals surface area contributed by atoms with Crippen molar-refractivity contribution < 1.29 is 14.4 Å². The lowest BCUT2D eigenvalue weighted by molar-refractivity contribution is -0.138. The number of amides is 2. The summed E-state index contributed by atoms with van der Waals surface area (Å²) in [4.78, 5) is 58.3. The van der Waals surface area contributed by atoms with Crippen LogP contribution in [0, 0.1) is 12.3 Å². The van der Waals surface area contributed by atoms with Gasteiger partial charge in [-0.1, -0.05) is 24.3 Å². The highest BCUT2D eigenvalue weighted by Gasteiger charge is 2.67. The zero-order chi connectivity index (χ0) is 32.9. The second kappa shape index (κ2) is 12.4. The number of fused-ring (bicyclic) bond motifs is 3. The predicted molar refractivity (Wildman–Crippen MR) is 182 cm³/mol. The van der Waals surface area contributed by atoms with Crippen molar-refractivity contribution in [2.24, 2.45) is 5.41 Å². The minimum absolute atomic E-state index is 0.0433. The highest BCUT2D eigenvalue weighted by atomic mass is 79.9. The summed E-state index contributed by atoms with van der Waals surface area (Å²) >= 11 is 3.45. The van der Waals surface area contributed by atoms with Crippen molar-refractivity contribution in [2.75, 3.05) is 25.5 Å². The van der Waals surface area contributed by atoms with Gasteiger partial charge in [-0.05, 0) is 97.9 Å². The van der Waals surface area contributed by atoms with Crippen molar-refractivity contribution in [1.82, 2.24) is 34.5 Å². The average molecular weight is 698 g/mol. The standard InChI is InChI=1S/C35H37BrN8O3/c1-21(45)32-26-14-24(25-17-37-22(2)38-18-25)9-11-27(26)43(41-32)19-31(46)44-28-15-35(16-29(35)44)20-42(3)13-7-5-4-6-8-23-10-12-30(36)39-33(23)40-34(28)47/h4,6,9-12,14,17-18,28-29H,5,7-8,13,15-16,19-20H2,1-3H3,(H,39,40,47)/t28-,29+,35-/m0/s1. The lowest BCUT2D eigenvalue weighted by atomic mass is 9.98. The first-order valence-electron chi connectivity index (χ1n) is 16.0. The summed E-state index contributed by atoms with van der Waals surface area (Å²) in [5, 5.41) is 8.35. The third kappa shape index (κ3) is 6.12. The van der Waals surface area contributed by atoms with Gasteiger partial charge in [-0.25, -0.2) is 15.0 Å². The summed E-state index contributed by atoms with van der Waals surface area (Å²) in [5.74, 6) is 0.547. The molecule has 242 valence electrons. The van der Waals surface area contributed by atoms with Crippen molar-refractivity contribution in [1.29, 1.82) is 0 Å². The van der Waals surface area contributed by atoms with Crippen LogP contribution in [0.5, 0.6) is 0 Å². The van der Waals surface area contributed by atoms with Gasteiger partial charge in [0.15, 0.2) is 5.78 Å². The first-order valence-corrected chi connectivity index (χ1v) is 16.8. The maximum atomic E-state index is 14.3. The van der Waals surface area contributed by atoms with Gasteiger partial charge >= 0.3 is 0 Å². The van der Waals surface area contributed by atoms with Gasteiger partial charge in [-0.15, -0.1) is 0 Å². The molecule has 7 rings (SSSR count). The van der Waals surface area contributed by atoms with E-state index in [1.165, 1.54) is 6.92 Å². The number of ketones is 1. The Kier molecular flexibility index (Phi) is 8.25. The fourth-order valence-corrected chi connectivity index (χ4v) is 7.60. The summed E-state index contributed by atoms with van der Waals surface area (Å²) in [7, 11) is 2.12. The average Bonchev–Trinajstić information content (AvgIpc) is 3.44. The number of pyridine rings is 1. The van der Waals surface area contributed by atoms with Crippen LogP contribution < -0.4 is 5.32 Å². The number of likely N-dealkylation sites (tertiary alicyclic amines) is 1. The van der Waals surface area contributed by atoms with Gasteiger partial charge in [0.1, 0.15) is 34.5 Å². The Morgan fingerprint density at radius 1 is 1.09 bits per heavy atom. The van der Waals surface area contributed by atoms with Gasteiger partial charge in [0.2, 0.25) is 11.8 Å². The number of Topliss-reactive ketones (excluding diaryl/α,β-unsaturated/α-hetero) is 1. The molecular formula is C35H37BrN8O3. The van der Waals surface area contributed by atoms with Crippen LogP contribution in [0.15, 0.2) is 59.5 Å². The molecule has 1 saturated carbocycles. The molecule has 47 heavy (non-hydrogen) atoms. The van der Waals surface area contributed by atoms with E-state index < -0.39 is 6.04 Å². The quantitative estimate of drug-likeness (QED) is 0.180. The molecule has 12 heteroatoms. The van der Waals surface area contributed by atoms with Crippen LogP contribution in [0.25, 0.3) is 22.0 Å². The lowest BCUT2D eigenvalue weighted by Crippen LogP contribution is -2.47. The summed E-state index contributed by atoms with van der Waals surface area (Å²) < 4.78 is 2.23. The molecule has 0 radical (unpaired) electrons. The van der Waals surface area contributed by atoms with Crippen LogP contribution in [-0.4, -0.2) is 84.4 Å². The third-order valence-corrected chi connectivity index (χ3v) is 10.1. The number of nitrogens with zero attached hydrogens (tertiary/aromatic N) is 7. The van der Waals surface area contributed by atoms with Gasteiger partial charge in [-0.3, -0.25) is 19.1 Å². The van der Waals surface area contributed by atoms with E-state index in [-0.39, 0.29) is 35.6 Å². The molecule has 2 aliphatic heterocycles. The highest BCUT2D eigenvalue weighted by molar-refractivity contribution is 9.10. The molecule has 1 N–H and O–H groups in total. The SMILES string of the molecule is CC(=O)c1nn(CC(=O)N2[C@H]3C[C@]4(C[C@@H]24)CN(C)CCCC=CCc2ccc(Br)nc2NC3=O)c2ccc(-c3cnc(C)nc3)cc12. The molecule has 3 aromatic heterocycles. The van der Waals surface area contributed by atoms with Crippen molar-refractivity contribution >= 4 is 50.2 Å². The first-order chi connectivity index (χ1) is 22.6. The maximum Gasteiger partial charge on any atom is 0.248 e. The van der Waals surface area contributed by atoms with Crippen LogP contribution >= 0.6 is 15.9 Å². The number of benzene rings is 1. The van der Waals surface area contributed by atoms with Gasteiger partial charge in [-0.2, -0.15) is 5.10 Å².